The molecule has 0 spiro atoms. The highest BCUT2D eigenvalue weighted by atomic mass is 16.5. The van der Waals surface area contributed by atoms with E-state index in [1.54, 1.807) is 24.3 Å². The second-order valence-electron chi connectivity index (χ2n) is 6.00. The van der Waals surface area contributed by atoms with E-state index in [4.69, 9.17) is 10.00 Å². The quantitative estimate of drug-likeness (QED) is 0.815. The van der Waals surface area contributed by atoms with Crippen molar-refractivity contribution in [1.82, 2.24) is 20.1 Å². The third kappa shape index (κ3) is 4.10. The van der Waals surface area contributed by atoms with Crippen molar-refractivity contribution in [3.05, 3.63) is 41.5 Å². The molecular weight excluding hydrogens is 306 g/mol. The number of benzene rings is 1. The fourth-order valence-corrected chi connectivity index (χ4v) is 2.78. The summed E-state index contributed by atoms with van der Waals surface area (Å²) in [4.78, 5) is 4.39. The van der Waals surface area contributed by atoms with Gasteiger partial charge in [-0.1, -0.05) is 0 Å². The summed E-state index contributed by atoms with van der Waals surface area (Å²) in [6.07, 6.45) is 1.29. The topological polar surface area (TPSA) is 96.0 Å². The van der Waals surface area contributed by atoms with E-state index in [9.17, 15) is 5.11 Å². The lowest BCUT2D eigenvalue weighted by molar-refractivity contribution is 0.101. The van der Waals surface area contributed by atoms with Crippen molar-refractivity contribution in [1.29, 1.82) is 5.26 Å². The highest BCUT2D eigenvalue weighted by Gasteiger charge is 2.21. The van der Waals surface area contributed by atoms with E-state index in [0.717, 1.165) is 31.0 Å². The predicted octanol–water partition coefficient (Wildman–Crippen LogP) is 0.802. The van der Waals surface area contributed by atoms with E-state index < -0.39 is 6.10 Å². The standard InChI is InChI=1S/C17H21N5O2/c1-12-20-17-7-4-14(10-22(17)21-12)19-9-15(23)11-24-16-5-2-13(8-18)3-6-16/h2-3,5-6,14-15,19,23H,4,7,9-11H2,1H3. The molecule has 0 fully saturated rings. The van der Waals surface area contributed by atoms with Gasteiger partial charge >= 0.3 is 0 Å². The average molecular weight is 327 g/mol. The van der Waals surface area contributed by atoms with E-state index in [0.29, 0.717) is 17.9 Å². The highest BCUT2D eigenvalue weighted by Crippen LogP contribution is 2.13. The third-order valence-electron chi connectivity index (χ3n) is 4.03. The van der Waals surface area contributed by atoms with Gasteiger partial charge in [0.2, 0.25) is 0 Å². The van der Waals surface area contributed by atoms with E-state index in [2.05, 4.69) is 21.5 Å². The van der Waals surface area contributed by atoms with Crippen LogP contribution in [0.15, 0.2) is 24.3 Å². The zero-order chi connectivity index (χ0) is 16.9. The summed E-state index contributed by atoms with van der Waals surface area (Å²) in [7, 11) is 0. The van der Waals surface area contributed by atoms with Crippen LogP contribution in [0.5, 0.6) is 5.75 Å². The second-order valence-corrected chi connectivity index (χ2v) is 6.00. The SMILES string of the molecule is Cc1nc2n(n1)CC(NCC(O)COc1ccc(C#N)cc1)CC2. The Balaban J connectivity index is 1.41. The zero-order valence-corrected chi connectivity index (χ0v) is 13.6. The molecule has 24 heavy (non-hydrogen) atoms. The normalized spacial score (nSPS) is 17.8. The Bertz CT molecular complexity index is 720. The molecule has 1 aliphatic heterocycles. The minimum absolute atomic E-state index is 0.208. The summed E-state index contributed by atoms with van der Waals surface area (Å²) >= 11 is 0. The molecule has 1 aromatic carbocycles. The van der Waals surface area contributed by atoms with Gasteiger partial charge in [0, 0.05) is 19.0 Å². The lowest BCUT2D eigenvalue weighted by Crippen LogP contribution is -2.42. The van der Waals surface area contributed by atoms with E-state index in [1.165, 1.54) is 0 Å². The van der Waals surface area contributed by atoms with Gasteiger partial charge in [0.25, 0.3) is 0 Å². The Kier molecular flexibility index (Phi) is 5.08. The number of rotatable bonds is 6. The number of ether oxygens (including phenoxy) is 1. The average Bonchev–Trinajstić information content (AvgIpc) is 2.97. The van der Waals surface area contributed by atoms with Gasteiger partial charge in [-0.15, -0.1) is 0 Å². The fraction of sp³-hybridized carbons (Fsp3) is 0.471. The van der Waals surface area contributed by atoms with Gasteiger partial charge in [-0.25, -0.2) is 9.67 Å². The van der Waals surface area contributed by atoms with Crippen LogP contribution in [-0.2, 0) is 13.0 Å². The number of nitrogens with zero attached hydrogens (tertiary/aromatic N) is 4. The number of nitriles is 1. The first kappa shape index (κ1) is 16.4. The van der Waals surface area contributed by atoms with E-state index in [-0.39, 0.29) is 12.6 Å². The van der Waals surface area contributed by atoms with Crippen molar-refractivity contribution in [2.45, 2.75) is 38.5 Å². The molecule has 0 aliphatic carbocycles. The molecule has 2 N–H and O–H groups in total. The maximum Gasteiger partial charge on any atom is 0.147 e. The molecule has 2 atom stereocenters. The van der Waals surface area contributed by atoms with Gasteiger partial charge < -0.3 is 15.2 Å². The Morgan fingerprint density at radius 2 is 2.25 bits per heavy atom. The summed E-state index contributed by atoms with van der Waals surface area (Å²) in [6.45, 7) is 3.35. The molecule has 1 aliphatic rings. The molecule has 0 saturated carbocycles. The molecule has 126 valence electrons. The first-order valence-corrected chi connectivity index (χ1v) is 8.09. The van der Waals surface area contributed by atoms with Crippen molar-refractivity contribution < 1.29 is 9.84 Å². The molecule has 3 rings (SSSR count). The van der Waals surface area contributed by atoms with Crippen LogP contribution in [0, 0.1) is 18.3 Å². The fourth-order valence-electron chi connectivity index (χ4n) is 2.78. The number of hydrogen-bond donors (Lipinski definition) is 2. The van der Waals surface area contributed by atoms with Crippen LogP contribution in [0.1, 0.15) is 23.6 Å². The second kappa shape index (κ2) is 7.43. The molecule has 0 bridgehead atoms. The molecule has 2 aromatic rings. The molecule has 0 amide bonds. The maximum atomic E-state index is 10.1. The molecule has 1 aromatic heterocycles. The Morgan fingerprint density at radius 1 is 1.46 bits per heavy atom. The van der Waals surface area contributed by atoms with E-state index in [1.807, 2.05) is 11.6 Å². The summed E-state index contributed by atoms with van der Waals surface area (Å²) in [5.41, 5.74) is 0.588. The van der Waals surface area contributed by atoms with Gasteiger partial charge in [-0.3, -0.25) is 0 Å². The third-order valence-corrected chi connectivity index (χ3v) is 4.03. The smallest absolute Gasteiger partial charge is 0.147 e. The molecule has 2 heterocycles. The number of aromatic nitrogens is 3. The minimum Gasteiger partial charge on any atom is -0.491 e. The van der Waals surface area contributed by atoms with Crippen LogP contribution < -0.4 is 10.1 Å². The molecule has 0 radical (unpaired) electrons. The summed E-state index contributed by atoms with van der Waals surface area (Å²) in [6, 6.07) is 9.19. The summed E-state index contributed by atoms with van der Waals surface area (Å²) in [5, 5.41) is 26.6. The lowest BCUT2D eigenvalue weighted by Gasteiger charge is -2.24. The molecule has 0 saturated heterocycles. The number of aryl methyl sites for hydroxylation is 2. The zero-order valence-electron chi connectivity index (χ0n) is 13.6. The van der Waals surface area contributed by atoms with Crippen molar-refractivity contribution in [2.24, 2.45) is 0 Å². The van der Waals surface area contributed by atoms with Crippen molar-refractivity contribution in [3.63, 3.8) is 0 Å². The monoisotopic (exact) mass is 327 g/mol. The largest absolute Gasteiger partial charge is 0.491 e. The number of aliphatic hydroxyl groups excluding tert-OH is 1. The first-order chi connectivity index (χ1) is 11.6. The number of nitrogens with one attached hydrogen (secondary N) is 1. The van der Waals surface area contributed by atoms with Gasteiger partial charge in [-0.05, 0) is 37.6 Å². The van der Waals surface area contributed by atoms with Gasteiger partial charge in [0.05, 0.1) is 18.2 Å². The van der Waals surface area contributed by atoms with Gasteiger partial charge in [0.15, 0.2) is 0 Å². The Labute approximate surface area is 140 Å². The number of aliphatic hydroxyl groups is 1. The molecule has 2 unspecified atom stereocenters. The first-order valence-electron chi connectivity index (χ1n) is 8.09. The Hall–Kier alpha value is -2.43. The van der Waals surface area contributed by atoms with Gasteiger partial charge in [-0.2, -0.15) is 10.4 Å². The van der Waals surface area contributed by atoms with Crippen molar-refractivity contribution in [2.75, 3.05) is 13.2 Å². The molecule has 7 heteroatoms. The van der Waals surface area contributed by atoms with Crippen molar-refractivity contribution in [3.8, 4) is 11.8 Å². The van der Waals surface area contributed by atoms with Gasteiger partial charge in [0.1, 0.15) is 30.1 Å². The van der Waals surface area contributed by atoms with Crippen LogP contribution >= 0.6 is 0 Å². The number of fused-ring (bicyclic) bond motifs is 1. The predicted molar refractivity (Wildman–Crippen MR) is 87.5 cm³/mol. The Morgan fingerprint density at radius 3 is 3.00 bits per heavy atom. The van der Waals surface area contributed by atoms with Crippen molar-refractivity contribution >= 4 is 0 Å². The van der Waals surface area contributed by atoms with Crippen LogP contribution in [0.3, 0.4) is 0 Å². The lowest BCUT2D eigenvalue weighted by atomic mass is 10.1. The van der Waals surface area contributed by atoms with Crippen LogP contribution in [0.25, 0.3) is 0 Å². The molecule has 7 nitrogen and oxygen atoms in total. The summed E-state index contributed by atoms with van der Waals surface area (Å²) in [5.74, 6) is 2.49. The van der Waals surface area contributed by atoms with E-state index >= 15 is 0 Å². The van der Waals surface area contributed by atoms with Crippen LogP contribution in [0.2, 0.25) is 0 Å². The number of hydrogen-bond acceptors (Lipinski definition) is 6. The summed E-state index contributed by atoms with van der Waals surface area (Å²) < 4.78 is 7.48. The van der Waals surface area contributed by atoms with Crippen LogP contribution in [-0.4, -0.2) is 45.2 Å². The van der Waals surface area contributed by atoms with Crippen LogP contribution in [0.4, 0.5) is 0 Å². The highest BCUT2D eigenvalue weighted by molar-refractivity contribution is 5.34. The molecular formula is C17H21N5O2. The minimum atomic E-state index is -0.598. The maximum absolute atomic E-state index is 10.1.